The van der Waals surface area contributed by atoms with E-state index >= 15 is 0 Å². The zero-order chi connectivity index (χ0) is 17.8. The van der Waals surface area contributed by atoms with Crippen molar-refractivity contribution in [3.63, 3.8) is 0 Å². The Labute approximate surface area is 155 Å². The van der Waals surface area contributed by atoms with Gasteiger partial charge in [0.1, 0.15) is 0 Å². The van der Waals surface area contributed by atoms with Gasteiger partial charge in [-0.15, -0.1) is 0 Å². The van der Waals surface area contributed by atoms with Gasteiger partial charge in [-0.1, -0.05) is 25.5 Å². The van der Waals surface area contributed by atoms with Crippen LogP contribution in [0.5, 0.6) is 0 Å². The lowest BCUT2D eigenvalue weighted by atomic mass is 9.47. The molecule has 4 rings (SSSR count). The lowest BCUT2D eigenvalue weighted by molar-refractivity contribution is -0.0467. The molecule has 2 N–H and O–H groups in total. The molecule has 2 nitrogen and oxygen atoms in total. The van der Waals surface area contributed by atoms with Gasteiger partial charge in [-0.3, -0.25) is 0 Å². The van der Waals surface area contributed by atoms with Gasteiger partial charge in [0, 0.05) is 12.1 Å². The maximum Gasteiger partial charge on any atom is 0.0102 e. The summed E-state index contributed by atoms with van der Waals surface area (Å²) in [7, 11) is 4.30. The Hall–Kier alpha value is -0.340. The van der Waals surface area contributed by atoms with Crippen LogP contribution in [-0.4, -0.2) is 26.2 Å². The molecule has 0 aromatic rings. The fourth-order valence-electron chi connectivity index (χ4n) is 7.97. The minimum atomic E-state index is 0.504. The zero-order valence-electron chi connectivity index (χ0n) is 17.2. The van der Waals surface area contributed by atoms with E-state index in [4.69, 9.17) is 0 Å². The first-order chi connectivity index (χ1) is 11.9. The molecule has 0 aliphatic heterocycles. The largest absolute Gasteiger partial charge is 0.317 e. The van der Waals surface area contributed by atoms with Crippen molar-refractivity contribution in [2.24, 2.45) is 34.5 Å². The Morgan fingerprint density at radius 3 is 2.56 bits per heavy atom. The first-order valence-electron chi connectivity index (χ1n) is 11.0. The second-order valence-electron chi connectivity index (χ2n) is 10.3. The summed E-state index contributed by atoms with van der Waals surface area (Å²) in [5.74, 6) is 3.74. The normalized spacial score (nSPS) is 50.4. The van der Waals surface area contributed by atoms with Crippen molar-refractivity contribution >= 4 is 0 Å². The molecule has 4 aliphatic rings. The van der Waals surface area contributed by atoms with Gasteiger partial charge >= 0.3 is 0 Å². The van der Waals surface area contributed by atoms with Crippen molar-refractivity contribution in [1.29, 1.82) is 0 Å². The molecule has 0 heterocycles. The summed E-state index contributed by atoms with van der Waals surface area (Å²) < 4.78 is 0. The van der Waals surface area contributed by atoms with Crippen LogP contribution in [0.1, 0.15) is 72.1 Å². The Kier molecular flexibility index (Phi) is 4.60. The fraction of sp³-hybridized carbons (Fsp3) is 0.913. The van der Waals surface area contributed by atoms with Crippen LogP contribution in [-0.2, 0) is 0 Å². The summed E-state index contributed by atoms with van der Waals surface area (Å²) >= 11 is 0. The van der Waals surface area contributed by atoms with Crippen molar-refractivity contribution in [2.75, 3.05) is 14.1 Å². The van der Waals surface area contributed by atoms with Gasteiger partial charge in [0.25, 0.3) is 0 Å². The van der Waals surface area contributed by atoms with E-state index in [0.29, 0.717) is 16.9 Å². The van der Waals surface area contributed by atoms with E-state index in [1.807, 2.05) is 0 Å². The van der Waals surface area contributed by atoms with Gasteiger partial charge in [-0.25, -0.2) is 0 Å². The highest BCUT2D eigenvalue weighted by atomic mass is 14.9. The van der Waals surface area contributed by atoms with Gasteiger partial charge in [0.05, 0.1) is 0 Å². The molecule has 0 saturated heterocycles. The lowest BCUT2D eigenvalue weighted by Crippen LogP contribution is -2.52. The molecule has 2 heteroatoms. The molecule has 0 aromatic carbocycles. The van der Waals surface area contributed by atoms with Crippen molar-refractivity contribution in [2.45, 2.75) is 84.2 Å². The van der Waals surface area contributed by atoms with Crippen LogP contribution < -0.4 is 10.6 Å². The Balaban J connectivity index is 1.61. The third-order valence-electron chi connectivity index (χ3n) is 9.64. The summed E-state index contributed by atoms with van der Waals surface area (Å²) in [6.45, 7) is 7.70. The first-order valence-corrected chi connectivity index (χ1v) is 11.0. The summed E-state index contributed by atoms with van der Waals surface area (Å²) in [5, 5.41) is 7.13. The molecular weight excluding hydrogens is 304 g/mol. The van der Waals surface area contributed by atoms with Gasteiger partial charge in [-0.2, -0.15) is 0 Å². The van der Waals surface area contributed by atoms with Crippen LogP contribution in [0.15, 0.2) is 11.6 Å². The van der Waals surface area contributed by atoms with Gasteiger partial charge < -0.3 is 10.6 Å². The quantitative estimate of drug-likeness (QED) is 0.721. The van der Waals surface area contributed by atoms with E-state index in [1.165, 1.54) is 51.4 Å². The lowest BCUT2D eigenvalue weighted by Gasteiger charge is -2.58. The molecule has 0 radical (unpaired) electrons. The number of allylic oxidation sites excluding steroid dienone is 1. The predicted octanol–water partition coefficient (Wildman–Crippen LogP) is 4.76. The highest BCUT2D eigenvalue weighted by molar-refractivity contribution is 5.26. The Bertz CT molecular complexity index is 540. The second kappa shape index (κ2) is 6.37. The number of rotatable bonds is 3. The molecule has 142 valence electrons. The molecule has 0 amide bonds. The summed E-state index contributed by atoms with van der Waals surface area (Å²) in [6, 6.07) is 1.39. The van der Waals surface area contributed by atoms with Crippen LogP contribution >= 0.6 is 0 Å². The third kappa shape index (κ3) is 2.57. The molecule has 3 fully saturated rings. The van der Waals surface area contributed by atoms with E-state index in [9.17, 15) is 0 Å². The molecule has 8 atom stereocenters. The zero-order valence-corrected chi connectivity index (χ0v) is 17.2. The molecule has 3 saturated carbocycles. The first kappa shape index (κ1) is 18.0. The van der Waals surface area contributed by atoms with Crippen LogP contribution in [0, 0.1) is 34.5 Å². The number of fused-ring (bicyclic) bond motifs is 5. The molecule has 25 heavy (non-hydrogen) atoms. The average Bonchev–Trinajstić information content (AvgIpc) is 2.97. The van der Waals surface area contributed by atoms with E-state index in [2.05, 4.69) is 51.6 Å². The van der Waals surface area contributed by atoms with E-state index < -0.39 is 0 Å². The monoisotopic (exact) mass is 344 g/mol. The van der Waals surface area contributed by atoms with Crippen LogP contribution in [0.2, 0.25) is 0 Å². The average molecular weight is 345 g/mol. The van der Waals surface area contributed by atoms with Gasteiger partial charge in [-0.05, 0) is 107 Å². The molecule has 0 bridgehead atoms. The van der Waals surface area contributed by atoms with Crippen molar-refractivity contribution < 1.29 is 0 Å². The molecule has 4 aliphatic carbocycles. The third-order valence-corrected chi connectivity index (χ3v) is 9.64. The van der Waals surface area contributed by atoms with E-state index in [-0.39, 0.29) is 0 Å². The van der Waals surface area contributed by atoms with Crippen LogP contribution in [0.25, 0.3) is 0 Å². The van der Waals surface area contributed by atoms with Crippen molar-refractivity contribution in [1.82, 2.24) is 10.6 Å². The van der Waals surface area contributed by atoms with Crippen LogP contribution in [0.3, 0.4) is 0 Å². The number of hydrogen-bond acceptors (Lipinski definition) is 2. The Morgan fingerprint density at radius 2 is 1.84 bits per heavy atom. The van der Waals surface area contributed by atoms with Crippen molar-refractivity contribution in [3.05, 3.63) is 11.6 Å². The van der Waals surface area contributed by atoms with Gasteiger partial charge in [0.2, 0.25) is 0 Å². The second-order valence-corrected chi connectivity index (χ2v) is 10.3. The molecule has 8 unspecified atom stereocenters. The fourth-order valence-corrected chi connectivity index (χ4v) is 7.97. The van der Waals surface area contributed by atoms with E-state index in [1.54, 1.807) is 5.57 Å². The minimum absolute atomic E-state index is 0.504. The molecular formula is C23H40N2. The highest BCUT2D eigenvalue weighted by Gasteiger charge is 2.59. The minimum Gasteiger partial charge on any atom is -0.317 e. The SMILES string of the molecule is CNC1CCC2(C)C(=CCC3C2CCC2(C)C(C(C)NC)CCC32)C1. The Morgan fingerprint density at radius 1 is 1.04 bits per heavy atom. The van der Waals surface area contributed by atoms with Crippen molar-refractivity contribution in [3.8, 4) is 0 Å². The highest BCUT2D eigenvalue weighted by Crippen LogP contribution is 2.66. The number of nitrogens with one attached hydrogen (secondary N) is 2. The summed E-state index contributed by atoms with van der Waals surface area (Å²) in [5.41, 5.74) is 2.89. The topological polar surface area (TPSA) is 24.1 Å². The van der Waals surface area contributed by atoms with Gasteiger partial charge in [0.15, 0.2) is 0 Å². The maximum absolute atomic E-state index is 3.58. The maximum atomic E-state index is 3.58. The summed E-state index contributed by atoms with van der Waals surface area (Å²) in [6.07, 6.45) is 14.0. The molecule has 0 spiro atoms. The summed E-state index contributed by atoms with van der Waals surface area (Å²) in [4.78, 5) is 0. The molecule has 0 aromatic heterocycles. The predicted molar refractivity (Wildman–Crippen MR) is 107 cm³/mol. The van der Waals surface area contributed by atoms with Crippen LogP contribution in [0.4, 0.5) is 0 Å². The van der Waals surface area contributed by atoms with E-state index in [0.717, 1.165) is 29.7 Å². The number of hydrogen-bond donors (Lipinski definition) is 2. The standard InChI is InChI=1S/C23H40N2/c1-15(24-4)19-8-9-20-18-7-6-16-14-17(25-5)10-12-22(16,2)21(18)11-13-23(19,20)3/h6,15,17-21,24-25H,7-14H2,1-5H3. The smallest absolute Gasteiger partial charge is 0.0102 e.